The molecule has 0 radical (unpaired) electrons. The summed E-state index contributed by atoms with van der Waals surface area (Å²) in [7, 11) is -6.32. The highest BCUT2D eigenvalue weighted by atomic mass is 28.4. The van der Waals surface area contributed by atoms with Crippen molar-refractivity contribution < 1.29 is 17.7 Å². The zero-order valence-corrected chi connectivity index (χ0v) is 24.1. The lowest BCUT2D eigenvalue weighted by Gasteiger charge is -2.32. The van der Waals surface area contributed by atoms with Crippen LogP contribution in [0.25, 0.3) is 0 Å². The normalized spacial score (nSPS) is 15.4. The molecule has 1 N–H and O–H groups in total. The summed E-state index contributed by atoms with van der Waals surface area (Å²) in [6.07, 6.45) is 0.0738. The average molecular weight is 454 g/mol. The van der Waals surface area contributed by atoms with Crippen LogP contribution in [-0.2, 0) is 17.7 Å². The van der Waals surface area contributed by atoms with E-state index in [1.165, 1.54) is 0 Å². The van der Waals surface area contributed by atoms with Crippen LogP contribution in [0.1, 0.15) is 0 Å². The van der Waals surface area contributed by atoms with Crippen LogP contribution in [0.3, 0.4) is 0 Å². The lowest BCUT2D eigenvalue weighted by atomic mass is 10.3. The maximum Gasteiger partial charge on any atom is 0.184 e. The molecule has 0 spiro atoms. The quantitative estimate of drug-likeness (QED) is 0.386. The molecule has 0 aromatic carbocycles. The van der Waals surface area contributed by atoms with Crippen LogP contribution < -0.4 is 5.32 Å². The Morgan fingerprint density at radius 2 is 0.926 bits per heavy atom. The molecule has 0 aliphatic rings. The lowest BCUT2D eigenvalue weighted by Crippen LogP contribution is -2.49. The Morgan fingerprint density at radius 3 is 1.26 bits per heavy atom. The van der Waals surface area contributed by atoms with Crippen molar-refractivity contribution in [3.05, 3.63) is 0 Å². The molecule has 0 heterocycles. The van der Waals surface area contributed by atoms with Gasteiger partial charge in [-0.3, -0.25) is 0 Å². The Labute approximate surface area is 173 Å². The first-order chi connectivity index (χ1) is 11.9. The highest BCUT2D eigenvalue weighted by molar-refractivity contribution is 6.70. The molecule has 0 aliphatic carbocycles. The summed E-state index contributed by atoms with van der Waals surface area (Å²) in [5.74, 6) is 0. The summed E-state index contributed by atoms with van der Waals surface area (Å²) in [5, 5.41) is 3.65. The smallest absolute Gasteiger partial charge is 0.184 e. The molecule has 5 nitrogen and oxygen atoms in total. The Balaban J connectivity index is 4.87. The predicted molar refractivity (Wildman–Crippen MR) is 128 cm³/mol. The van der Waals surface area contributed by atoms with E-state index in [2.05, 4.69) is 83.9 Å². The van der Waals surface area contributed by atoms with E-state index in [1.54, 1.807) is 0 Å². The number of rotatable bonds is 14. The predicted octanol–water partition coefficient (Wildman–Crippen LogP) is 4.72. The third-order valence-electron chi connectivity index (χ3n) is 3.29. The van der Waals surface area contributed by atoms with Gasteiger partial charge in [-0.05, 0) is 78.6 Å². The van der Waals surface area contributed by atoms with E-state index >= 15 is 0 Å². The highest BCUT2D eigenvalue weighted by Gasteiger charge is 2.26. The van der Waals surface area contributed by atoms with Gasteiger partial charge in [0.1, 0.15) is 0 Å². The van der Waals surface area contributed by atoms with Crippen molar-refractivity contribution in [1.82, 2.24) is 5.32 Å². The van der Waals surface area contributed by atoms with E-state index < -0.39 is 33.3 Å². The molecule has 9 heteroatoms. The first-order valence-corrected chi connectivity index (χ1v) is 23.8. The molecular formula is C18H47NO4Si4. The van der Waals surface area contributed by atoms with Crippen LogP contribution in [0.5, 0.6) is 0 Å². The zero-order chi connectivity index (χ0) is 21.5. The molecule has 0 fully saturated rings. The summed E-state index contributed by atoms with van der Waals surface area (Å²) in [5.41, 5.74) is 0. The highest BCUT2D eigenvalue weighted by Crippen LogP contribution is 2.12. The number of hydrogen-bond acceptors (Lipinski definition) is 5. The van der Waals surface area contributed by atoms with Gasteiger partial charge >= 0.3 is 0 Å². The van der Waals surface area contributed by atoms with Crippen molar-refractivity contribution in [1.29, 1.82) is 0 Å². The van der Waals surface area contributed by atoms with Crippen LogP contribution >= 0.6 is 0 Å². The minimum absolute atomic E-state index is 0.0738. The van der Waals surface area contributed by atoms with Crippen molar-refractivity contribution in [2.75, 3.05) is 26.4 Å². The van der Waals surface area contributed by atoms with Gasteiger partial charge in [-0.1, -0.05) is 0 Å². The van der Waals surface area contributed by atoms with Gasteiger partial charge in [-0.15, -0.1) is 0 Å². The molecule has 0 rings (SSSR count). The fraction of sp³-hybridized carbons (Fsp3) is 1.00. The Morgan fingerprint density at radius 1 is 0.556 bits per heavy atom. The van der Waals surface area contributed by atoms with E-state index in [0.717, 1.165) is 6.54 Å². The molecule has 1 unspecified atom stereocenters. The maximum absolute atomic E-state index is 6.38. The van der Waals surface area contributed by atoms with Crippen LogP contribution in [0.15, 0.2) is 0 Å². The first kappa shape index (κ1) is 27.7. The molecule has 0 amide bonds. The Hall–Kier alpha value is 0.668. The molecule has 0 saturated heterocycles. The minimum Gasteiger partial charge on any atom is -0.416 e. The topological polar surface area (TPSA) is 49.0 Å². The molecule has 0 aromatic rings. The van der Waals surface area contributed by atoms with Gasteiger partial charge in [0.2, 0.25) is 0 Å². The van der Waals surface area contributed by atoms with E-state index in [-0.39, 0.29) is 12.1 Å². The van der Waals surface area contributed by atoms with Crippen molar-refractivity contribution in [2.24, 2.45) is 0 Å². The lowest BCUT2D eigenvalue weighted by molar-refractivity contribution is 0.105. The Bertz CT molecular complexity index is 394. The van der Waals surface area contributed by atoms with Crippen molar-refractivity contribution in [2.45, 2.75) is 90.7 Å². The van der Waals surface area contributed by atoms with Gasteiger partial charge in [-0.2, -0.15) is 0 Å². The fourth-order valence-corrected chi connectivity index (χ4v) is 5.38. The summed E-state index contributed by atoms with van der Waals surface area (Å²) < 4.78 is 24.8. The standard InChI is InChI=1S/C18H47NO4Si4/c1-24(2,3)20-14-17(15-21-25(4,5)6)19-13-18(23-27(10,11)12)16-22-26(7,8)9/h17-19H,13-16H2,1-12H3. The fourth-order valence-electron chi connectivity index (χ4n) is 2.14. The number of nitrogens with one attached hydrogen (secondary N) is 1. The molecular weight excluding hydrogens is 407 g/mol. The van der Waals surface area contributed by atoms with Crippen molar-refractivity contribution >= 4 is 33.3 Å². The monoisotopic (exact) mass is 453 g/mol. The Kier molecular flexibility index (Phi) is 11.4. The largest absolute Gasteiger partial charge is 0.416 e. The SMILES string of the molecule is C[Si](C)(C)OCC(CO[Si](C)(C)C)NCC(CO[Si](C)(C)C)O[Si](C)(C)C. The van der Waals surface area contributed by atoms with Gasteiger partial charge in [0, 0.05) is 6.54 Å². The summed E-state index contributed by atoms with van der Waals surface area (Å²) in [4.78, 5) is 0. The van der Waals surface area contributed by atoms with Crippen molar-refractivity contribution in [3.8, 4) is 0 Å². The van der Waals surface area contributed by atoms with Gasteiger partial charge in [0.25, 0.3) is 0 Å². The second-order valence-electron chi connectivity index (χ2n) is 11.2. The zero-order valence-electron chi connectivity index (χ0n) is 20.1. The molecule has 0 aliphatic heterocycles. The first-order valence-electron chi connectivity index (χ1n) is 10.2. The van der Waals surface area contributed by atoms with Crippen LogP contribution in [0.4, 0.5) is 0 Å². The molecule has 1 atom stereocenters. The van der Waals surface area contributed by atoms with E-state index in [9.17, 15) is 0 Å². The second-order valence-corrected chi connectivity index (χ2v) is 29.2. The maximum atomic E-state index is 6.38. The third-order valence-corrected chi connectivity index (χ3v) is 7.43. The van der Waals surface area contributed by atoms with Gasteiger partial charge in [0.05, 0.1) is 32.0 Å². The van der Waals surface area contributed by atoms with Crippen LogP contribution in [0.2, 0.25) is 78.6 Å². The summed E-state index contributed by atoms with van der Waals surface area (Å²) >= 11 is 0. The second kappa shape index (κ2) is 11.2. The molecule has 0 saturated carbocycles. The molecule has 0 bridgehead atoms. The van der Waals surface area contributed by atoms with Crippen molar-refractivity contribution in [3.63, 3.8) is 0 Å². The number of hydrogen-bond donors (Lipinski definition) is 1. The van der Waals surface area contributed by atoms with Gasteiger partial charge in [-0.25, -0.2) is 0 Å². The summed E-state index contributed by atoms with van der Waals surface area (Å²) in [6.45, 7) is 29.5. The summed E-state index contributed by atoms with van der Waals surface area (Å²) in [6, 6.07) is 0.183. The minimum atomic E-state index is -1.64. The van der Waals surface area contributed by atoms with E-state index in [1.807, 2.05) is 0 Å². The van der Waals surface area contributed by atoms with E-state index in [0.29, 0.717) is 19.8 Å². The van der Waals surface area contributed by atoms with Crippen LogP contribution in [-0.4, -0.2) is 71.8 Å². The van der Waals surface area contributed by atoms with E-state index in [4.69, 9.17) is 17.7 Å². The van der Waals surface area contributed by atoms with Gasteiger partial charge in [0.15, 0.2) is 33.3 Å². The average Bonchev–Trinajstić information content (AvgIpc) is 2.39. The molecule has 27 heavy (non-hydrogen) atoms. The molecule has 0 aromatic heterocycles. The third kappa shape index (κ3) is 19.7. The van der Waals surface area contributed by atoms with Crippen LogP contribution in [0, 0.1) is 0 Å². The van der Waals surface area contributed by atoms with Gasteiger partial charge < -0.3 is 23.0 Å². The molecule has 164 valence electrons.